The van der Waals surface area contributed by atoms with Crippen LogP contribution in [0, 0.1) is 18.6 Å². The van der Waals surface area contributed by atoms with Crippen molar-refractivity contribution in [3.05, 3.63) is 51.9 Å². The Morgan fingerprint density at radius 2 is 2.00 bits per heavy atom. The Morgan fingerprint density at radius 1 is 1.29 bits per heavy atom. The van der Waals surface area contributed by atoms with E-state index in [4.69, 9.17) is 0 Å². The van der Waals surface area contributed by atoms with Crippen LogP contribution in [-0.2, 0) is 0 Å². The molecule has 7 heteroatoms. The largest absolute Gasteiger partial charge is 0.506 e. The van der Waals surface area contributed by atoms with Gasteiger partial charge in [-0.1, -0.05) is 17.7 Å². The number of phenolic OH excluding ortho intramolecular Hbond substituents is 1. The van der Waals surface area contributed by atoms with Crippen LogP contribution in [0.25, 0.3) is 16.7 Å². The van der Waals surface area contributed by atoms with E-state index in [1.807, 2.05) is 6.92 Å². The van der Waals surface area contributed by atoms with E-state index in [1.165, 1.54) is 0 Å². The zero-order valence-electron chi connectivity index (χ0n) is 10.9. The van der Waals surface area contributed by atoms with Crippen LogP contribution < -0.4 is 11.0 Å². The standard InChI is InChI=1S/C14H11F2N2O2P/c1-6-2-3-8(10(21)4-6)18-13-11(16)7(15)5-9(19)12(13)17-14(18)20/h2-5,19H,21H2,1H3,(H,17,20). The van der Waals surface area contributed by atoms with Gasteiger partial charge in [0.1, 0.15) is 16.8 Å². The second-order valence-corrected chi connectivity index (χ2v) is 5.36. The second kappa shape index (κ2) is 4.67. The van der Waals surface area contributed by atoms with Crippen molar-refractivity contribution in [3.63, 3.8) is 0 Å². The Hall–Kier alpha value is -2.20. The highest BCUT2D eigenvalue weighted by Crippen LogP contribution is 2.28. The molecule has 108 valence electrons. The zero-order chi connectivity index (χ0) is 15.3. The SMILES string of the molecule is Cc1ccc(-n2c(=O)[nH]c3c(O)cc(F)c(F)c32)c(P)c1. The van der Waals surface area contributed by atoms with Gasteiger partial charge < -0.3 is 10.1 Å². The van der Waals surface area contributed by atoms with Crippen molar-refractivity contribution in [3.8, 4) is 11.4 Å². The van der Waals surface area contributed by atoms with E-state index >= 15 is 0 Å². The van der Waals surface area contributed by atoms with Gasteiger partial charge in [0.05, 0.1) is 5.69 Å². The van der Waals surface area contributed by atoms with Gasteiger partial charge in [0.15, 0.2) is 11.6 Å². The van der Waals surface area contributed by atoms with Gasteiger partial charge in [-0.05, 0) is 18.3 Å². The molecule has 0 saturated carbocycles. The number of imidazole rings is 1. The van der Waals surface area contributed by atoms with Gasteiger partial charge in [-0.15, -0.1) is 9.24 Å². The molecule has 0 aliphatic heterocycles. The maximum atomic E-state index is 14.1. The van der Waals surface area contributed by atoms with Crippen LogP contribution in [0.3, 0.4) is 0 Å². The highest BCUT2D eigenvalue weighted by atomic mass is 31.0. The van der Waals surface area contributed by atoms with Crippen LogP contribution in [0.2, 0.25) is 0 Å². The number of aromatic nitrogens is 2. The summed E-state index contributed by atoms with van der Waals surface area (Å²) in [6, 6.07) is 5.82. The van der Waals surface area contributed by atoms with Crippen molar-refractivity contribution in [2.75, 3.05) is 0 Å². The molecule has 0 radical (unpaired) electrons. The predicted molar refractivity (Wildman–Crippen MR) is 79.6 cm³/mol. The molecule has 4 nitrogen and oxygen atoms in total. The van der Waals surface area contributed by atoms with Crippen molar-refractivity contribution in [1.82, 2.24) is 9.55 Å². The fraction of sp³-hybridized carbons (Fsp3) is 0.0714. The molecule has 3 aromatic rings. The lowest BCUT2D eigenvalue weighted by Gasteiger charge is -2.09. The lowest BCUT2D eigenvalue weighted by molar-refractivity contribution is 0.462. The number of aromatic hydroxyl groups is 1. The van der Waals surface area contributed by atoms with E-state index in [9.17, 15) is 18.7 Å². The van der Waals surface area contributed by atoms with Gasteiger partial charge in [-0.25, -0.2) is 13.6 Å². The lowest BCUT2D eigenvalue weighted by atomic mass is 10.2. The molecule has 3 rings (SSSR count). The van der Waals surface area contributed by atoms with Gasteiger partial charge in [0.25, 0.3) is 0 Å². The minimum Gasteiger partial charge on any atom is -0.506 e. The molecule has 2 aromatic carbocycles. The van der Waals surface area contributed by atoms with E-state index in [1.54, 1.807) is 18.2 Å². The van der Waals surface area contributed by atoms with Crippen LogP contribution in [0.4, 0.5) is 8.78 Å². The molecule has 0 bridgehead atoms. The topological polar surface area (TPSA) is 58.0 Å². The maximum absolute atomic E-state index is 14.1. The maximum Gasteiger partial charge on any atom is 0.331 e. The lowest BCUT2D eigenvalue weighted by Crippen LogP contribution is -2.19. The van der Waals surface area contributed by atoms with Crippen LogP contribution in [0.5, 0.6) is 5.75 Å². The predicted octanol–water partition coefficient (Wildman–Crippen LogP) is 2.11. The van der Waals surface area contributed by atoms with Crippen LogP contribution >= 0.6 is 9.24 Å². The number of halogens is 2. The Morgan fingerprint density at radius 3 is 2.67 bits per heavy atom. The van der Waals surface area contributed by atoms with Crippen LogP contribution in [-0.4, -0.2) is 14.7 Å². The first-order chi connectivity index (χ1) is 9.90. The first-order valence-electron chi connectivity index (χ1n) is 6.08. The highest BCUT2D eigenvalue weighted by Gasteiger charge is 2.20. The summed E-state index contributed by atoms with van der Waals surface area (Å²) in [5.41, 5.74) is 0.253. The summed E-state index contributed by atoms with van der Waals surface area (Å²) in [5, 5.41) is 10.3. The number of nitrogens with zero attached hydrogens (tertiary/aromatic N) is 1. The summed E-state index contributed by atoms with van der Waals surface area (Å²) in [6.07, 6.45) is 0. The number of benzene rings is 2. The molecule has 0 amide bonds. The van der Waals surface area contributed by atoms with Crippen molar-refractivity contribution >= 4 is 25.6 Å². The number of hydrogen-bond donors (Lipinski definition) is 2. The van der Waals surface area contributed by atoms with Crippen LogP contribution in [0.1, 0.15) is 5.56 Å². The summed E-state index contributed by atoms with van der Waals surface area (Å²) < 4.78 is 28.6. The summed E-state index contributed by atoms with van der Waals surface area (Å²) in [5.74, 6) is -2.92. The number of nitrogens with one attached hydrogen (secondary N) is 1. The summed E-state index contributed by atoms with van der Waals surface area (Å²) in [4.78, 5) is 14.4. The van der Waals surface area contributed by atoms with E-state index < -0.39 is 23.1 Å². The number of aromatic amines is 1. The minimum atomic E-state index is -1.22. The summed E-state index contributed by atoms with van der Waals surface area (Å²) in [7, 11) is 2.45. The number of H-pyrrole nitrogens is 1. The van der Waals surface area contributed by atoms with E-state index in [0.29, 0.717) is 17.1 Å². The molecule has 0 aliphatic rings. The number of rotatable bonds is 1. The van der Waals surface area contributed by atoms with Crippen molar-refractivity contribution in [1.29, 1.82) is 0 Å². The molecule has 0 spiro atoms. The normalized spacial score (nSPS) is 11.2. The molecule has 1 atom stereocenters. The van der Waals surface area contributed by atoms with Gasteiger partial charge in [-0.2, -0.15) is 0 Å². The molecular weight excluding hydrogens is 297 g/mol. The number of aryl methyl sites for hydroxylation is 1. The third-order valence-electron chi connectivity index (χ3n) is 3.26. The van der Waals surface area contributed by atoms with Gasteiger partial charge >= 0.3 is 5.69 Å². The Bertz CT molecular complexity index is 931. The fourth-order valence-corrected chi connectivity index (χ4v) is 2.79. The Kier molecular flexibility index (Phi) is 3.06. The monoisotopic (exact) mass is 308 g/mol. The van der Waals surface area contributed by atoms with E-state index in [-0.39, 0.29) is 11.0 Å². The molecule has 1 unspecified atom stereocenters. The third kappa shape index (κ3) is 2.03. The first-order valence-corrected chi connectivity index (χ1v) is 6.66. The minimum absolute atomic E-state index is 0.135. The highest BCUT2D eigenvalue weighted by molar-refractivity contribution is 7.27. The molecule has 0 fully saturated rings. The molecule has 21 heavy (non-hydrogen) atoms. The molecule has 0 aliphatic carbocycles. The average molecular weight is 308 g/mol. The van der Waals surface area contributed by atoms with Crippen molar-refractivity contribution in [2.24, 2.45) is 0 Å². The zero-order valence-corrected chi connectivity index (χ0v) is 12.1. The Labute approximate surface area is 120 Å². The van der Waals surface area contributed by atoms with Gasteiger partial charge in [0.2, 0.25) is 0 Å². The first kappa shape index (κ1) is 13.8. The molecule has 1 heterocycles. The van der Waals surface area contributed by atoms with Crippen LogP contribution in [0.15, 0.2) is 29.1 Å². The number of fused-ring (bicyclic) bond motifs is 1. The smallest absolute Gasteiger partial charge is 0.331 e. The van der Waals surface area contributed by atoms with Gasteiger partial charge in [-0.3, -0.25) is 4.57 Å². The number of phenols is 1. The molecular formula is C14H11F2N2O2P. The van der Waals surface area contributed by atoms with Crippen molar-refractivity contribution in [2.45, 2.75) is 6.92 Å². The molecule has 0 saturated heterocycles. The third-order valence-corrected chi connectivity index (χ3v) is 3.72. The fourth-order valence-electron chi connectivity index (χ4n) is 2.30. The quantitative estimate of drug-likeness (QED) is 0.677. The molecule has 1 aromatic heterocycles. The Balaban J connectivity index is 2.48. The molecule has 2 N–H and O–H groups in total. The van der Waals surface area contributed by atoms with E-state index in [2.05, 4.69) is 14.2 Å². The number of hydrogen-bond acceptors (Lipinski definition) is 2. The summed E-state index contributed by atoms with van der Waals surface area (Å²) in [6.45, 7) is 1.88. The second-order valence-electron chi connectivity index (χ2n) is 4.74. The van der Waals surface area contributed by atoms with E-state index in [0.717, 1.165) is 10.1 Å². The summed E-state index contributed by atoms with van der Waals surface area (Å²) >= 11 is 0. The van der Waals surface area contributed by atoms with Gasteiger partial charge in [0, 0.05) is 6.07 Å². The van der Waals surface area contributed by atoms with Crippen molar-refractivity contribution < 1.29 is 13.9 Å². The average Bonchev–Trinajstić information content (AvgIpc) is 2.75.